The molecule has 0 bridgehead atoms. The zero-order valence-corrected chi connectivity index (χ0v) is 19.4. The molecule has 5 rings (SSSR count). The highest BCUT2D eigenvalue weighted by atomic mass is 16.5. The van der Waals surface area contributed by atoms with E-state index in [4.69, 9.17) is 9.47 Å². The van der Waals surface area contributed by atoms with Gasteiger partial charge in [-0.3, -0.25) is 9.69 Å². The summed E-state index contributed by atoms with van der Waals surface area (Å²) < 4.78 is 12.7. The number of aromatic nitrogens is 3. The summed E-state index contributed by atoms with van der Waals surface area (Å²) in [5.74, 6) is 1.65. The van der Waals surface area contributed by atoms with Crippen LogP contribution in [0.3, 0.4) is 0 Å². The third-order valence-corrected chi connectivity index (χ3v) is 6.34. The minimum atomic E-state index is -0.234. The van der Waals surface area contributed by atoms with E-state index in [0.29, 0.717) is 23.7 Å². The molecule has 34 heavy (non-hydrogen) atoms. The third-order valence-electron chi connectivity index (χ3n) is 6.34. The van der Waals surface area contributed by atoms with Gasteiger partial charge in [-0.25, -0.2) is 4.68 Å². The second-order valence-corrected chi connectivity index (χ2v) is 8.33. The van der Waals surface area contributed by atoms with Crippen LogP contribution in [0.25, 0.3) is 0 Å². The number of nitrogens with zero attached hydrogens (tertiary/aromatic N) is 4. The van der Waals surface area contributed by atoms with E-state index in [1.807, 2.05) is 41.1 Å². The quantitative estimate of drug-likeness (QED) is 0.425. The summed E-state index contributed by atoms with van der Waals surface area (Å²) in [6.07, 6.45) is 2.15. The SMILES string of the molecule is COc1ccc([C@H]2C[C@@H](c3ccc(C)cc3)N(C(=O)c3ccccc3OC)c3ncnn32)cc1. The van der Waals surface area contributed by atoms with Gasteiger partial charge in [0.25, 0.3) is 5.91 Å². The molecule has 0 fully saturated rings. The molecule has 0 saturated carbocycles. The average Bonchev–Trinajstić information content (AvgIpc) is 3.38. The minimum Gasteiger partial charge on any atom is -0.497 e. The number of benzene rings is 3. The Morgan fingerprint density at radius 3 is 2.26 bits per heavy atom. The summed E-state index contributed by atoms with van der Waals surface area (Å²) in [6.45, 7) is 2.05. The van der Waals surface area contributed by atoms with Gasteiger partial charge in [-0.15, -0.1) is 0 Å². The van der Waals surface area contributed by atoms with Gasteiger partial charge < -0.3 is 9.47 Å². The van der Waals surface area contributed by atoms with E-state index < -0.39 is 0 Å². The van der Waals surface area contributed by atoms with Crippen molar-refractivity contribution in [1.29, 1.82) is 0 Å². The molecule has 2 atom stereocenters. The molecule has 1 aromatic heterocycles. The second kappa shape index (κ2) is 9.02. The fourth-order valence-corrected chi connectivity index (χ4v) is 4.55. The maximum atomic E-state index is 14.0. The number of amides is 1. The lowest BCUT2D eigenvalue weighted by Crippen LogP contribution is -2.42. The molecule has 7 heteroatoms. The first-order valence-corrected chi connectivity index (χ1v) is 11.2. The highest BCUT2D eigenvalue weighted by Crippen LogP contribution is 2.43. The molecule has 3 aromatic carbocycles. The van der Waals surface area contributed by atoms with Crippen molar-refractivity contribution in [2.24, 2.45) is 0 Å². The molecule has 0 N–H and O–H groups in total. The lowest BCUT2D eigenvalue weighted by Gasteiger charge is -2.39. The van der Waals surface area contributed by atoms with Gasteiger partial charge in [-0.1, -0.05) is 54.1 Å². The number of carbonyl (C=O) groups is 1. The van der Waals surface area contributed by atoms with Gasteiger partial charge in [-0.05, 0) is 48.7 Å². The van der Waals surface area contributed by atoms with Gasteiger partial charge >= 0.3 is 0 Å². The Morgan fingerprint density at radius 1 is 0.882 bits per heavy atom. The molecule has 2 heterocycles. The standard InChI is InChI=1S/C27H26N4O3/c1-18-8-10-19(11-9-18)23-16-24(20-12-14-21(33-2)15-13-20)31-27(28-17-29-31)30(23)26(32)22-6-4-5-7-25(22)34-3/h4-15,17,23-24H,16H2,1-3H3/t23-,24+/m0/s1. The highest BCUT2D eigenvalue weighted by molar-refractivity contribution is 6.07. The maximum absolute atomic E-state index is 14.0. The van der Waals surface area contributed by atoms with Gasteiger partial charge in [-0.2, -0.15) is 10.1 Å². The smallest absolute Gasteiger partial charge is 0.264 e. The lowest BCUT2D eigenvalue weighted by atomic mass is 9.91. The molecule has 4 aromatic rings. The molecular formula is C27H26N4O3. The number of methoxy groups -OCH3 is 2. The number of para-hydroxylation sites is 1. The van der Waals surface area contributed by atoms with Crippen molar-refractivity contribution in [3.05, 3.63) is 101 Å². The predicted octanol–water partition coefficient (Wildman–Crippen LogP) is 4.98. The van der Waals surface area contributed by atoms with E-state index in [1.165, 1.54) is 6.33 Å². The average molecular weight is 455 g/mol. The number of hydrogen-bond acceptors (Lipinski definition) is 5. The molecule has 172 valence electrons. The Kier molecular flexibility index (Phi) is 5.76. The van der Waals surface area contributed by atoms with Crippen molar-refractivity contribution < 1.29 is 14.3 Å². The van der Waals surface area contributed by atoms with Gasteiger partial charge in [0.15, 0.2) is 0 Å². The number of carbonyl (C=O) groups excluding carboxylic acids is 1. The summed E-state index contributed by atoms with van der Waals surface area (Å²) in [6, 6.07) is 23.2. The molecule has 0 spiro atoms. The Balaban J connectivity index is 1.64. The first-order chi connectivity index (χ1) is 16.6. The summed E-state index contributed by atoms with van der Waals surface area (Å²) in [5.41, 5.74) is 3.77. The molecule has 0 unspecified atom stereocenters. The van der Waals surface area contributed by atoms with E-state index in [2.05, 4.69) is 41.3 Å². The summed E-state index contributed by atoms with van der Waals surface area (Å²) in [7, 11) is 3.22. The van der Waals surface area contributed by atoms with Crippen molar-refractivity contribution in [1.82, 2.24) is 14.8 Å². The molecule has 1 aliphatic rings. The Labute approximate surface area is 198 Å². The largest absolute Gasteiger partial charge is 0.497 e. The molecule has 1 amide bonds. The van der Waals surface area contributed by atoms with Crippen LogP contribution in [-0.2, 0) is 0 Å². The zero-order valence-electron chi connectivity index (χ0n) is 19.4. The van der Waals surface area contributed by atoms with Crippen LogP contribution in [0.2, 0.25) is 0 Å². The molecule has 0 radical (unpaired) electrons. The normalized spacial score (nSPS) is 17.2. The lowest BCUT2D eigenvalue weighted by molar-refractivity contribution is 0.0960. The van der Waals surface area contributed by atoms with Crippen molar-refractivity contribution in [3.8, 4) is 11.5 Å². The maximum Gasteiger partial charge on any atom is 0.264 e. The Bertz CT molecular complexity index is 1300. The number of aryl methyl sites for hydroxylation is 1. The minimum absolute atomic E-state index is 0.0866. The number of ether oxygens (including phenoxy) is 2. The van der Waals surface area contributed by atoms with E-state index in [9.17, 15) is 4.79 Å². The van der Waals surface area contributed by atoms with Crippen LogP contribution < -0.4 is 14.4 Å². The molecular weight excluding hydrogens is 428 g/mol. The van der Waals surface area contributed by atoms with Gasteiger partial charge in [0, 0.05) is 0 Å². The van der Waals surface area contributed by atoms with E-state index in [1.54, 1.807) is 31.3 Å². The summed E-state index contributed by atoms with van der Waals surface area (Å²) in [4.78, 5) is 20.2. The Morgan fingerprint density at radius 2 is 1.56 bits per heavy atom. The van der Waals surface area contributed by atoms with E-state index in [0.717, 1.165) is 22.4 Å². The van der Waals surface area contributed by atoms with Crippen LogP contribution in [0.4, 0.5) is 5.95 Å². The number of anilines is 1. The molecule has 7 nitrogen and oxygen atoms in total. The van der Waals surface area contributed by atoms with Gasteiger partial charge in [0.2, 0.25) is 5.95 Å². The van der Waals surface area contributed by atoms with E-state index in [-0.39, 0.29) is 18.0 Å². The van der Waals surface area contributed by atoms with Crippen LogP contribution in [0.1, 0.15) is 45.6 Å². The fraction of sp³-hybridized carbons (Fsp3) is 0.222. The van der Waals surface area contributed by atoms with Crippen LogP contribution in [0, 0.1) is 6.92 Å². The van der Waals surface area contributed by atoms with Gasteiger partial charge in [0.1, 0.15) is 17.8 Å². The monoisotopic (exact) mass is 454 g/mol. The zero-order chi connectivity index (χ0) is 23.7. The molecule has 1 aliphatic heterocycles. The summed E-state index contributed by atoms with van der Waals surface area (Å²) >= 11 is 0. The van der Waals surface area contributed by atoms with Crippen LogP contribution in [-0.4, -0.2) is 34.9 Å². The second-order valence-electron chi connectivity index (χ2n) is 8.33. The van der Waals surface area contributed by atoms with Crippen LogP contribution in [0.15, 0.2) is 79.1 Å². The predicted molar refractivity (Wildman–Crippen MR) is 129 cm³/mol. The van der Waals surface area contributed by atoms with Crippen molar-refractivity contribution in [3.63, 3.8) is 0 Å². The first kappa shape index (κ1) is 21.7. The van der Waals surface area contributed by atoms with Gasteiger partial charge in [0.05, 0.1) is 31.9 Å². The number of fused-ring (bicyclic) bond motifs is 1. The third kappa shape index (κ3) is 3.79. The van der Waals surface area contributed by atoms with Crippen molar-refractivity contribution in [2.45, 2.75) is 25.4 Å². The number of hydrogen-bond donors (Lipinski definition) is 0. The Hall–Kier alpha value is -4.13. The molecule has 0 aliphatic carbocycles. The first-order valence-electron chi connectivity index (χ1n) is 11.2. The fourth-order valence-electron chi connectivity index (χ4n) is 4.55. The highest BCUT2D eigenvalue weighted by Gasteiger charge is 2.40. The van der Waals surface area contributed by atoms with Crippen molar-refractivity contribution >= 4 is 11.9 Å². The summed E-state index contributed by atoms with van der Waals surface area (Å²) in [5, 5.41) is 4.52. The topological polar surface area (TPSA) is 69.5 Å². The van der Waals surface area contributed by atoms with Crippen molar-refractivity contribution in [2.75, 3.05) is 19.1 Å². The number of rotatable bonds is 5. The van der Waals surface area contributed by atoms with Crippen LogP contribution in [0.5, 0.6) is 11.5 Å². The van der Waals surface area contributed by atoms with Crippen LogP contribution >= 0.6 is 0 Å². The van der Waals surface area contributed by atoms with E-state index >= 15 is 0 Å². The molecule has 0 saturated heterocycles.